The van der Waals surface area contributed by atoms with Gasteiger partial charge in [0.15, 0.2) is 5.65 Å². The number of hydrogen-bond acceptors (Lipinski definition) is 4. The van der Waals surface area contributed by atoms with Crippen LogP contribution in [0.5, 0.6) is 5.75 Å². The van der Waals surface area contributed by atoms with Crippen molar-refractivity contribution in [1.82, 2.24) is 20.0 Å². The number of methoxy groups -OCH3 is 1. The van der Waals surface area contributed by atoms with Crippen molar-refractivity contribution < 1.29 is 4.74 Å². The van der Waals surface area contributed by atoms with Gasteiger partial charge in [-0.05, 0) is 39.7 Å². The second-order valence-electron chi connectivity index (χ2n) is 4.09. The van der Waals surface area contributed by atoms with Gasteiger partial charge in [0.2, 0.25) is 0 Å². The lowest BCUT2D eigenvalue weighted by Gasteiger charge is -2.04. The van der Waals surface area contributed by atoms with Gasteiger partial charge in [-0.2, -0.15) is 0 Å². The fraction of sp³-hybridized carbons (Fsp3) is 0.154. The molecule has 0 saturated heterocycles. The van der Waals surface area contributed by atoms with Crippen molar-refractivity contribution in [1.29, 1.82) is 0 Å². The zero-order valence-corrected chi connectivity index (χ0v) is 11.8. The van der Waals surface area contributed by atoms with E-state index in [1.54, 1.807) is 18.0 Å². The lowest BCUT2D eigenvalue weighted by molar-refractivity contribution is 0.414. The smallest absolute Gasteiger partial charge is 0.178 e. The number of halogens is 1. The maximum absolute atomic E-state index is 5.14. The molecule has 0 atom stereocenters. The van der Waals surface area contributed by atoms with E-state index < -0.39 is 0 Å². The van der Waals surface area contributed by atoms with Crippen molar-refractivity contribution in [3.8, 4) is 5.75 Å². The molecule has 0 N–H and O–H groups in total. The van der Waals surface area contributed by atoms with E-state index in [2.05, 4.69) is 31.2 Å². The van der Waals surface area contributed by atoms with Crippen LogP contribution >= 0.6 is 15.9 Å². The highest BCUT2D eigenvalue weighted by atomic mass is 79.9. The lowest BCUT2D eigenvalue weighted by atomic mass is 10.2. The third-order valence-electron chi connectivity index (χ3n) is 2.81. The van der Waals surface area contributed by atoms with Gasteiger partial charge in [0, 0.05) is 10.7 Å². The molecule has 0 fully saturated rings. The third kappa shape index (κ3) is 2.44. The summed E-state index contributed by atoms with van der Waals surface area (Å²) in [5, 5.41) is 8.23. The Morgan fingerprint density at radius 2 is 2.05 bits per heavy atom. The molecule has 5 nitrogen and oxygen atoms in total. The molecule has 0 radical (unpaired) electrons. The van der Waals surface area contributed by atoms with Gasteiger partial charge in [0.25, 0.3) is 0 Å². The van der Waals surface area contributed by atoms with E-state index in [1.165, 1.54) is 0 Å². The number of pyridine rings is 1. The Hall–Kier alpha value is -1.95. The van der Waals surface area contributed by atoms with Crippen molar-refractivity contribution in [3.63, 3.8) is 0 Å². The predicted octanol–water partition coefficient (Wildman–Crippen LogP) is 2.65. The summed E-state index contributed by atoms with van der Waals surface area (Å²) in [6.45, 7) is 0.634. The summed E-state index contributed by atoms with van der Waals surface area (Å²) in [4.78, 5) is 4.34. The van der Waals surface area contributed by atoms with Crippen molar-refractivity contribution in [2.24, 2.45) is 0 Å². The average molecular weight is 319 g/mol. The summed E-state index contributed by atoms with van der Waals surface area (Å²) < 4.78 is 7.82. The van der Waals surface area contributed by atoms with Gasteiger partial charge in [-0.1, -0.05) is 17.3 Å². The molecule has 6 heteroatoms. The molecular weight excluding hydrogens is 308 g/mol. The molecule has 0 amide bonds. The number of fused-ring (bicyclic) bond motifs is 1. The summed E-state index contributed by atoms with van der Waals surface area (Å²) in [6.07, 6.45) is 1.75. The Balaban J connectivity index is 1.92. The zero-order chi connectivity index (χ0) is 13.2. The van der Waals surface area contributed by atoms with Crippen LogP contribution in [0.1, 0.15) is 5.56 Å². The molecule has 0 saturated carbocycles. The highest BCUT2D eigenvalue weighted by Gasteiger charge is 2.06. The second-order valence-corrected chi connectivity index (χ2v) is 5.01. The summed E-state index contributed by atoms with van der Waals surface area (Å²) >= 11 is 3.37. The molecule has 2 aromatic heterocycles. The first kappa shape index (κ1) is 12.1. The van der Waals surface area contributed by atoms with Gasteiger partial charge in [0.1, 0.15) is 11.3 Å². The Kier molecular flexibility index (Phi) is 3.16. The van der Waals surface area contributed by atoms with E-state index in [4.69, 9.17) is 4.74 Å². The van der Waals surface area contributed by atoms with Crippen LogP contribution in [0.25, 0.3) is 11.2 Å². The van der Waals surface area contributed by atoms with Gasteiger partial charge in [-0.15, -0.1) is 5.10 Å². The number of nitrogens with zero attached hydrogens (tertiary/aromatic N) is 4. The Morgan fingerprint density at radius 1 is 1.26 bits per heavy atom. The van der Waals surface area contributed by atoms with E-state index in [0.717, 1.165) is 26.9 Å². The quantitative estimate of drug-likeness (QED) is 0.745. The van der Waals surface area contributed by atoms with Crippen LogP contribution in [0.4, 0.5) is 0 Å². The molecule has 0 aliphatic carbocycles. The van der Waals surface area contributed by atoms with Crippen molar-refractivity contribution >= 4 is 27.1 Å². The van der Waals surface area contributed by atoms with Crippen molar-refractivity contribution in [3.05, 3.63) is 46.6 Å². The fourth-order valence-corrected chi connectivity index (χ4v) is 2.17. The maximum Gasteiger partial charge on any atom is 0.178 e. The van der Waals surface area contributed by atoms with Gasteiger partial charge >= 0.3 is 0 Å². The largest absolute Gasteiger partial charge is 0.497 e. The van der Waals surface area contributed by atoms with E-state index in [-0.39, 0.29) is 0 Å². The molecule has 0 spiro atoms. The van der Waals surface area contributed by atoms with Gasteiger partial charge in [-0.25, -0.2) is 9.67 Å². The number of benzene rings is 1. The van der Waals surface area contributed by atoms with E-state index in [0.29, 0.717) is 6.54 Å². The minimum atomic E-state index is 0.634. The molecule has 19 heavy (non-hydrogen) atoms. The number of hydrogen-bond donors (Lipinski definition) is 0. The van der Waals surface area contributed by atoms with Crippen LogP contribution in [0, 0.1) is 0 Å². The second kappa shape index (κ2) is 4.97. The normalized spacial score (nSPS) is 10.8. The Labute approximate surface area is 118 Å². The van der Waals surface area contributed by atoms with Crippen LogP contribution in [-0.4, -0.2) is 27.1 Å². The first-order chi connectivity index (χ1) is 9.26. The molecule has 3 rings (SSSR count). The van der Waals surface area contributed by atoms with Crippen LogP contribution in [0.3, 0.4) is 0 Å². The first-order valence-electron chi connectivity index (χ1n) is 5.74. The Bertz CT molecular complexity index is 708. The number of ether oxygens (including phenoxy) is 1. The first-order valence-corrected chi connectivity index (χ1v) is 6.53. The third-order valence-corrected chi connectivity index (χ3v) is 3.24. The molecule has 0 aliphatic rings. The van der Waals surface area contributed by atoms with Crippen LogP contribution in [-0.2, 0) is 6.54 Å². The Morgan fingerprint density at radius 3 is 2.79 bits per heavy atom. The lowest BCUT2D eigenvalue weighted by Crippen LogP contribution is -2.02. The molecule has 2 heterocycles. The molecule has 0 aliphatic heterocycles. The summed E-state index contributed by atoms with van der Waals surface area (Å²) in [5.41, 5.74) is 2.68. The van der Waals surface area contributed by atoms with Gasteiger partial charge in [0.05, 0.1) is 13.7 Å². The zero-order valence-electron chi connectivity index (χ0n) is 10.2. The fourth-order valence-electron chi connectivity index (χ4n) is 1.85. The molecule has 1 aromatic carbocycles. The molecule has 0 bridgehead atoms. The molecule has 0 unspecified atom stereocenters. The van der Waals surface area contributed by atoms with Crippen LogP contribution < -0.4 is 4.74 Å². The van der Waals surface area contributed by atoms with Gasteiger partial charge < -0.3 is 4.74 Å². The van der Waals surface area contributed by atoms with Crippen LogP contribution in [0.2, 0.25) is 0 Å². The summed E-state index contributed by atoms with van der Waals surface area (Å²) in [7, 11) is 1.65. The number of aromatic nitrogens is 4. The average Bonchev–Trinajstić information content (AvgIpc) is 2.82. The molecule has 96 valence electrons. The monoisotopic (exact) mass is 318 g/mol. The van der Waals surface area contributed by atoms with E-state index in [1.807, 2.05) is 30.3 Å². The highest BCUT2D eigenvalue weighted by Crippen LogP contribution is 2.17. The van der Waals surface area contributed by atoms with Crippen LogP contribution in [0.15, 0.2) is 41.0 Å². The maximum atomic E-state index is 5.14. The summed E-state index contributed by atoms with van der Waals surface area (Å²) in [6, 6.07) is 9.77. The van der Waals surface area contributed by atoms with Gasteiger partial charge in [-0.3, -0.25) is 0 Å². The topological polar surface area (TPSA) is 52.8 Å². The molecular formula is C13H11BrN4O. The minimum Gasteiger partial charge on any atom is -0.497 e. The van der Waals surface area contributed by atoms with E-state index >= 15 is 0 Å². The number of rotatable bonds is 3. The summed E-state index contributed by atoms with van der Waals surface area (Å²) in [5.74, 6) is 0.842. The SMILES string of the molecule is COc1ccc(Cn2nnc3cc(Br)cnc32)cc1. The minimum absolute atomic E-state index is 0.634. The van der Waals surface area contributed by atoms with Crippen molar-refractivity contribution in [2.45, 2.75) is 6.54 Å². The standard InChI is InChI=1S/C13H11BrN4O/c1-19-11-4-2-9(3-5-11)8-18-13-12(16-17-18)6-10(14)7-15-13/h2-7H,8H2,1H3. The molecule has 3 aromatic rings. The van der Waals surface area contributed by atoms with Crippen molar-refractivity contribution in [2.75, 3.05) is 7.11 Å². The highest BCUT2D eigenvalue weighted by molar-refractivity contribution is 9.10. The predicted molar refractivity (Wildman–Crippen MR) is 75.1 cm³/mol. The van der Waals surface area contributed by atoms with E-state index in [9.17, 15) is 0 Å².